The molecule has 22 heavy (non-hydrogen) atoms. The number of rotatable bonds is 0. The highest BCUT2D eigenvalue weighted by Crippen LogP contribution is 2.48. The van der Waals surface area contributed by atoms with E-state index in [9.17, 15) is 0 Å². The van der Waals surface area contributed by atoms with E-state index >= 15 is 0 Å². The molecule has 0 spiro atoms. The maximum Gasteiger partial charge on any atom is 0.0890 e. The monoisotopic (exact) mass is 352 g/mol. The summed E-state index contributed by atoms with van der Waals surface area (Å²) in [5, 5.41) is 11.5. The fourth-order valence-electron chi connectivity index (χ4n) is 3.32. The summed E-state index contributed by atoms with van der Waals surface area (Å²) < 4.78 is 7.15. The van der Waals surface area contributed by atoms with Gasteiger partial charge in [-0.3, -0.25) is 0 Å². The van der Waals surface area contributed by atoms with Gasteiger partial charge in [-0.25, -0.2) is 0 Å². The van der Waals surface area contributed by atoms with Crippen molar-refractivity contribution in [3.05, 3.63) is 47.2 Å². The molecule has 0 radical (unpaired) electrons. The number of benzene rings is 2. The molecule has 0 unspecified atom stereocenters. The first kappa shape index (κ1) is 12.0. The minimum absolute atomic E-state index is 1.39. The Hall–Kier alpha value is -1.46. The average Bonchev–Trinajstić information content (AvgIpc) is 3.27. The summed E-state index contributed by atoms with van der Waals surface area (Å²) in [6, 6.07) is 13.7. The Morgan fingerprint density at radius 2 is 1.09 bits per heavy atom. The highest BCUT2D eigenvalue weighted by molar-refractivity contribution is 7.45. The van der Waals surface area contributed by atoms with Crippen LogP contribution >= 0.6 is 45.3 Å². The van der Waals surface area contributed by atoms with Gasteiger partial charge >= 0.3 is 0 Å². The lowest BCUT2D eigenvalue weighted by atomic mass is 10.1. The third-order valence-electron chi connectivity index (χ3n) is 4.30. The van der Waals surface area contributed by atoms with Crippen LogP contribution in [0.15, 0.2) is 47.2 Å². The standard InChI is InChI=1S/C18H8S4/c1-3-13-9(5-7-19-13)16-11(1)15-12-2-4-14-10(6-8-20-14)17(12)22-18(15)21-16/h1-8H. The SMILES string of the molecule is c1cc2c(ccc3c2sc2sc4c5ccsc5ccc4c23)s1. The van der Waals surface area contributed by atoms with Crippen molar-refractivity contribution in [3.8, 4) is 0 Å². The normalized spacial score (nSPS) is 12.5. The first-order chi connectivity index (χ1) is 10.9. The quantitative estimate of drug-likeness (QED) is 0.263. The van der Waals surface area contributed by atoms with E-state index in [0.29, 0.717) is 0 Å². The predicted molar refractivity (Wildman–Crippen MR) is 105 cm³/mol. The molecule has 6 rings (SSSR count). The van der Waals surface area contributed by atoms with Gasteiger partial charge in [0.05, 0.1) is 4.01 Å². The minimum Gasteiger partial charge on any atom is -0.144 e. The molecule has 4 heteroatoms. The van der Waals surface area contributed by atoms with Crippen molar-refractivity contribution in [2.45, 2.75) is 0 Å². The fourth-order valence-corrected chi connectivity index (χ4v) is 7.86. The molecule has 6 aromatic rings. The third-order valence-corrected chi connectivity index (χ3v) is 8.64. The van der Waals surface area contributed by atoms with Crippen molar-refractivity contribution in [2.24, 2.45) is 0 Å². The number of hydrogen-bond donors (Lipinski definition) is 0. The molecule has 0 fully saturated rings. The van der Waals surface area contributed by atoms with E-state index in [4.69, 9.17) is 0 Å². The smallest absolute Gasteiger partial charge is 0.0890 e. The van der Waals surface area contributed by atoms with Crippen molar-refractivity contribution in [1.29, 1.82) is 0 Å². The maximum atomic E-state index is 2.32. The Morgan fingerprint density at radius 1 is 0.545 bits per heavy atom. The fraction of sp³-hybridized carbons (Fsp3) is 0. The molecule has 0 aliphatic carbocycles. The van der Waals surface area contributed by atoms with Gasteiger partial charge in [-0.1, -0.05) is 12.1 Å². The van der Waals surface area contributed by atoms with E-state index in [2.05, 4.69) is 47.2 Å². The average molecular weight is 353 g/mol. The van der Waals surface area contributed by atoms with Crippen LogP contribution < -0.4 is 0 Å². The Balaban J connectivity index is 1.92. The Labute approximate surface area is 141 Å². The Bertz CT molecular complexity index is 1220. The molecule has 4 aromatic heterocycles. The second kappa shape index (κ2) is 4.09. The topological polar surface area (TPSA) is 0 Å². The summed E-state index contributed by atoms with van der Waals surface area (Å²) in [6.45, 7) is 0. The molecule has 0 aliphatic heterocycles. The zero-order chi connectivity index (χ0) is 14.3. The van der Waals surface area contributed by atoms with Gasteiger partial charge < -0.3 is 0 Å². The number of hydrogen-bond acceptors (Lipinski definition) is 4. The molecule has 0 nitrogen and oxygen atoms in total. The number of thiophene rings is 4. The Kier molecular flexibility index (Phi) is 2.23. The lowest BCUT2D eigenvalue weighted by Crippen LogP contribution is -1.68. The second-order valence-electron chi connectivity index (χ2n) is 5.42. The van der Waals surface area contributed by atoms with Crippen molar-refractivity contribution in [2.75, 3.05) is 0 Å². The van der Waals surface area contributed by atoms with Crippen LogP contribution in [0, 0.1) is 0 Å². The van der Waals surface area contributed by atoms with Gasteiger partial charge in [0.25, 0.3) is 0 Å². The largest absolute Gasteiger partial charge is 0.144 e. The van der Waals surface area contributed by atoms with Crippen molar-refractivity contribution in [3.63, 3.8) is 0 Å². The van der Waals surface area contributed by atoms with Crippen LogP contribution in [0.5, 0.6) is 0 Å². The molecule has 104 valence electrons. The van der Waals surface area contributed by atoms with Crippen LogP contribution in [0.4, 0.5) is 0 Å². The van der Waals surface area contributed by atoms with Crippen LogP contribution in [0.1, 0.15) is 0 Å². The molecule has 0 bridgehead atoms. The summed E-state index contributed by atoms with van der Waals surface area (Å²) in [6.07, 6.45) is 0. The summed E-state index contributed by atoms with van der Waals surface area (Å²) in [5.41, 5.74) is 0. The highest BCUT2D eigenvalue weighted by Gasteiger charge is 2.16. The Morgan fingerprint density at radius 3 is 1.64 bits per heavy atom. The maximum absolute atomic E-state index is 2.32. The second-order valence-corrected chi connectivity index (χ2v) is 9.61. The van der Waals surface area contributed by atoms with Gasteiger partial charge in [-0.15, -0.1) is 45.3 Å². The van der Waals surface area contributed by atoms with Gasteiger partial charge in [0.1, 0.15) is 0 Å². The van der Waals surface area contributed by atoms with E-state index in [1.165, 1.54) is 49.7 Å². The molecule has 0 saturated heterocycles. The first-order valence-electron chi connectivity index (χ1n) is 7.01. The van der Waals surface area contributed by atoms with Crippen LogP contribution in [0.25, 0.3) is 49.7 Å². The van der Waals surface area contributed by atoms with Gasteiger partial charge in [0.2, 0.25) is 0 Å². The molecular formula is C18H8S4. The molecule has 0 atom stereocenters. The van der Waals surface area contributed by atoms with E-state index in [-0.39, 0.29) is 0 Å². The highest BCUT2D eigenvalue weighted by atomic mass is 32.2. The third kappa shape index (κ3) is 1.37. The summed E-state index contributed by atoms with van der Waals surface area (Å²) in [5.74, 6) is 0. The molecule has 0 N–H and O–H groups in total. The van der Waals surface area contributed by atoms with Gasteiger partial charge in [-0.2, -0.15) is 0 Å². The molecular weight excluding hydrogens is 344 g/mol. The molecule has 2 aromatic carbocycles. The zero-order valence-electron chi connectivity index (χ0n) is 11.3. The van der Waals surface area contributed by atoms with Crippen LogP contribution in [0.2, 0.25) is 0 Å². The van der Waals surface area contributed by atoms with E-state index in [1.54, 1.807) is 0 Å². The lowest BCUT2D eigenvalue weighted by molar-refractivity contribution is 2.02. The van der Waals surface area contributed by atoms with Crippen LogP contribution in [-0.2, 0) is 0 Å². The molecule has 0 saturated carbocycles. The minimum atomic E-state index is 1.39. The lowest BCUT2D eigenvalue weighted by Gasteiger charge is -1.96. The van der Waals surface area contributed by atoms with Crippen LogP contribution in [0.3, 0.4) is 0 Å². The summed E-state index contributed by atoms with van der Waals surface area (Å²) in [7, 11) is 0. The molecule has 4 heterocycles. The van der Waals surface area contributed by atoms with Gasteiger partial charge in [-0.05, 0) is 35.0 Å². The zero-order valence-corrected chi connectivity index (χ0v) is 14.5. The van der Waals surface area contributed by atoms with Crippen molar-refractivity contribution >= 4 is 95.1 Å². The predicted octanol–water partition coefficient (Wildman–Crippen LogP) is 7.70. The van der Waals surface area contributed by atoms with Crippen molar-refractivity contribution < 1.29 is 0 Å². The summed E-state index contributed by atoms with van der Waals surface area (Å²) >= 11 is 7.59. The van der Waals surface area contributed by atoms with Crippen molar-refractivity contribution in [1.82, 2.24) is 0 Å². The summed E-state index contributed by atoms with van der Waals surface area (Å²) in [4.78, 5) is 0. The van der Waals surface area contributed by atoms with E-state index in [1.807, 2.05) is 45.3 Å². The molecule has 0 aliphatic rings. The first-order valence-corrected chi connectivity index (χ1v) is 10.4. The van der Waals surface area contributed by atoms with E-state index < -0.39 is 0 Å². The van der Waals surface area contributed by atoms with Crippen LogP contribution in [-0.4, -0.2) is 0 Å². The number of fused-ring (bicyclic) bond motifs is 9. The van der Waals surface area contributed by atoms with E-state index in [0.717, 1.165) is 0 Å². The van der Waals surface area contributed by atoms with Gasteiger partial charge in [0.15, 0.2) is 0 Å². The van der Waals surface area contributed by atoms with Gasteiger partial charge in [0, 0.05) is 45.7 Å². The molecule has 0 amide bonds.